The molecule has 2 aliphatic rings. The zero-order chi connectivity index (χ0) is 20.7. The van der Waals surface area contributed by atoms with Gasteiger partial charge in [-0.15, -0.1) is 0 Å². The molecular weight excluding hydrogens is 384 g/mol. The molecule has 2 heterocycles. The molecule has 3 aromatic carbocycles. The van der Waals surface area contributed by atoms with Gasteiger partial charge in [0, 0.05) is 11.8 Å². The first-order valence-electron chi connectivity index (χ1n) is 9.50. The zero-order valence-electron chi connectivity index (χ0n) is 16.5. The highest BCUT2D eigenvalue weighted by molar-refractivity contribution is 6.12. The molecule has 30 heavy (non-hydrogen) atoms. The Morgan fingerprint density at radius 2 is 1.73 bits per heavy atom. The lowest BCUT2D eigenvalue weighted by atomic mass is 10.0. The van der Waals surface area contributed by atoms with E-state index in [4.69, 9.17) is 18.9 Å². The summed E-state index contributed by atoms with van der Waals surface area (Å²) in [6.07, 6.45) is -0.451. The number of carbonyl (C=O) groups is 1. The van der Waals surface area contributed by atoms with Crippen LogP contribution in [0.5, 0.6) is 23.0 Å². The summed E-state index contributed by atoms with van der Waals surface area (Å²) in [5.74, 6) is 2.39. The van der Waals surface area contributed by atoms with E-state index in [1.54, 1.807) is 19.1 Å². The van der Waals surface area contributed by atoms with Gasteiger partial charge in [-0.2, -0.15) is 0 Å². The predicted octanol–water partition coefficient (Wildman–Crippen LogP) is 4.20. The van der Waals surface area contributed by atoms with Crippen molar-refractivity contribution in [3.8, 4) is 23.0 Å². The number of rotatable bonds is 4. The van der Waals surface area contributed by atoms with Crippen molar-refractivity contribution in [3.63, 3.8) is 0 Å². The van der Waals surface area contributed by atoms with E-state index in [0.29, 0.717) is 34.2 Å². The maximum atomic E-state index is 13.5. The molecule has 2 aliphatic heterocycles. The van der Waals surface area contributed by atoms with Gasteiger partial charge in [-0.05, 0) is 42.0 Å². The molecule has 1 unspecified atom stereocenters. The van der Waals surface area contributed by atoms with Gasteiger partial charge in [-0.1, -0.05) is 18.2 Å². The van der Waals surface area contributed by atoms with Crippen LogP contribution in [0.3, 0.4) is 0 Å². The highest BCUT2D eigenvalue weighted by Crippen LogP contribution is 2.42. The second-order valence-corrected chi connectivity index (χ2v) is 6.92. The fourth-order valence-electron chi connectivity index (χ4n) is 3.81. The van der Waals surface area contributed by atoms with Crippen molar-refractivity contribution >= 4 is 17.3 Å². The Hall–Kier alpha value is -3.87. The zero-order valence-corrected chi connectivity index (χ0v) is 16.5. The predicted molar refractivity (Wildman–Crippen MR) is 112 cm³/mol. The highest BCUT2D eigenvalue weighted by Gasteiger charge is 2.35. The topological polar surface area (TPSA) is 69.3 Å². The third-order valence-corrected chi connectivity index (χ3v) is 5.28. The van der Waals surface area contributed by atoms with Crippen LogP contribution < -0.4 is 29.2 Å². The van der Waals surface area contributed by atoms with Gasteiger partial charge in [-0.25, -0.2) is 0 Å². The normalized spacial score (nSPS) is 16.7. The van der Waals surface area contributed by atoms with Crippen molar-refractivity contribution in [2.24, 2.45) is 0 Å². The second kappa shape index (κ2) is 7.18. The van der Waals surface area contributed by atoms with Gasteiger partial charge in [0.15, 0.2) is 23.0 Å². The highest BCUT2D eigenvalue weighted by atomic mass is 16.7. The summed E-state index contributed by atoms with van der Waals surface area (Å²) in [7, 11) is 3.18. The van der Waals surface area contributed by atoms with E-state index in [2.05, 4.69) is 5.32 Å². The quantitative estimate of drug-likeness (QED) is 0.703. The standard InChI is InChI=1S/C23H20N2O5/c1-27-18-9-7-14(11-20(18)28-2)22-24-17-6-4-3-5-16(17)23(26)25(22)15-8-10-19-21(12-15)30-13-29-19/h3-12,22,24H,13H2,1-2H3. The molecule has 152 valence electrons. The first kappa shape index (κ1) is 18.2. The Kier molecular flexibility index (Phi) is 4.35. The van der Waals surface area contributed by atoms with E-state index in [-0.39, 0.29) is 12.7 Å². The third kappa shape index (κ3) is 2.86. The lowest BCUT2D eigenvalue weighted by molar-refractivity contribution is 0.0975. The van der Waals surface area contributed by atoms with Gasteiger partial charge in [-0.3, -0.25) is 9.69 Å². The van der Waals surface area contributed by atoms with Crippen LogP contribution in [0.25, 0.3) is 0 Å². The second-order valence-electron chi connectivity index (χ2n) is 6.92. The SMILES string of the molecule is COc1ccc(C2Nc3ccccc3C(=O)N2c2ccc3c(c2)OCO3)cc1OC. The van der Waals surface area contributed by atoms with E-state index in [1.807, 2.05) is 60.7 Å². The summed E-state index contributed by atoms with van der Waals surface area (Å²) in [5, 5.41) is 3.49. The number of ether oxygens (including phenoxy) is 4. The van der Waals surface area contributed by atoms with E-state index in [1.165, 1.54) is 0 Å². The molecule has 1 atom stereocenters. The number of nitrogens with one attached hydrogen (secondary N) is 1. The largest absolute Gasteiger partial charge is 0.493 e. The van der Waals surface area contributed by atoms with Crippen LogP contribution in [0.15, 0.2) is 60.7 Å². The molecule has 3 aromatic rings. The van der Waals surface area contributed by atoms with Crippen molar-refractivity contribution < 1.29 is 23.7 Å². The van der Waals surface area contributed by atoms with Gasteiger partial charge >= 0.3 is 0 Å². The maximum Gasteiger partial charge on any atom is 0.262 e. The Balaban J connectivity index is 1.64. The number of methoxy groups -OCH3 is 2. The molecule has 0 saturated heterocycles. The number of carbonyl (C=O) groups excluding carboxylic acids is 1. The van der Waals surface area contributed by atoms with E-state index in [9.17, 15) is 4.79 Å². The minimum atomic E-state index is -0.451. The van der Waals surface area contributed by atoms with Gasteiger partial charge in [0.05, 0.1) is 25.5 Å². The van der Waals surface area contributed by atoms with Crippen LogP contribution in [0.4, 0.5) is 11.4 Å². The first-order chi connectivity index (χ1) is 14.7. The molecule has 0 fully saturated rings. The van der Waals surface area contributed by atoms with Crippen LogP contribution in [-0.2, 0) is 0 Å². The van der Waals surface area contributed by atoms with Gasteiger partial charge < -0.3 is 24.3 Å². The third-order valence-electron chi connectivity index (χ3n) is 5.28. The minimum Gasteiger partial charge on any atom is -0.493 e. The summed E-state index contributed by atoms with van der Waals surface area (Å²) < 4.78 is 21.8. The molecular formula is C23H20N2O5. The summed E-state index contributed by atoms with van der Waals surface area (Å²) in [6, 6.07) is 18.6. The smallest absolute Gasteiger partial charge is 0.262 e. The number of hydrogen-bond acceptors (Lipinski definition) is 6. The van der Waals surface area contributed by atoms with Crippen LogP contribution in [0.2, 0.25) is 0 Å². The van der Waals surface area contributed by atoms with E-state index in [0.717, 1.165) is 11.3 Å². The van der Waals surface area contributed by atoms with Crippen molar-refractivity contribution in [3.05, 3.63) is 71.8 Å². The molecule has 5 rings (SSSR count). The Labute approximate surface area is 173 Å². The van der Waals surface area contributed by atoms with E-state index >= 15 is 0 Å². The molecule has 7 heteroatoms. The molecule has 0 saturated carbocycles. The molecule has 0 aromatic heterocycles. The number of nitrogens with zero attached hydrogens (tertiary/aromatic N) is 1. The van der Waals surface area contributed by atoms with Crippen molar-refractivity contribution in [2.45, 2.75) is 6.17 Å². The monoisotopic (exact) mass is 404 g/mol. The van der Waals surface area contributed by atoms with E-state index < -0.39 is 6.17 Å². The molecule has 0 radical (unpaired) electrons. The Morgan fingerprint density at radius 3 is 2.57 bits per heavy atom. The minimum absolute atomic E-state index is 0.108. The fourth-order valence-corrected chi connectivity index (χ4v) is 3.81. The van der Waals surface area contributed by atoms with Crippen LogP contribution in [0.1, 0.15) is 22.1 Å². The number of amides is 1. The Bertz CT molecular complexity index is 1130. The number of anilines is 2. The van der Waals surface area contributed by atoms with Crippen molar-refractivity contribution in [1.29, 1.82) is 0 Å². The number of hydrogen-bond donors (Lipinski definition) is 1. The lowest BCUT2D eigenvalue weighted by Crippen LogP contribution is -2.43. The fraction of sp³-hybridized carbons (Fsp3) is 0.174. The molecule has 1 N–H and O–H groups in total. The van der Waals surface area contributed by atoms with Crippen LogP contribution in [0, 0.1) is 0 Å². The van der Waals surface area contributed by atoms with Gasteiger partial charge in [0.1, 0.15) is 6.17 Å². The molecule has 0 aliphatic carbocycles. The van der Waals surface area contributed by atoms with Crippen molar-refractivity contribution in [2.75, 3.05) is 31.2 Å². The van der Waals surface area contributed by atoms with Crippen LogP contribution in [-0.4, -0.2) is 26.9 Å². The molecule has 0 bridgehead atoms. The van der Waals surface area contributed by atoms with Crippen LogP contribution >= 0.6 is 0 Å². The summed E-state index contributed by atoms with van der Waals surface area (Å²) in [6.45, 7) is 0.174. The molecule has 1 amide bonds. The lowest BCUT2D eigenvalue weighted by Gasteiger charge is -2.38. The Morgan fingerprint density at radius 1 is 0.933 bits per heavy atom. The van der Waals surface area contributed by atoms with Gasteiger partial charge in [0.25, 0.3) is 5.91 Å². The van der Waals surface area contributed by atoms with Crippen molar-refractivity contribution in [1.82, 2.24) is 0 Å². The average Bonchev–Trinajstić information content (AvgIpc) is 3.26. The summed E-state index contributed by atoms with van der Waals surface area (Å²) in [5.41, 5.74) is 2.94. The number of fused-ring (bicyclic) bond motifs is 2. The first-order valence-corrected chi connectivity index (χ1v) is 9.50. The average molecular weight is 404 g/mol. The maximum absolute atomic E-state index is 13.5. The number of para-hydroxylation sites is 1. The molecule has 0 spiro atoms. The summed E-state index contributed by atoms with van der Waals surface area (Å²) in [4.78, 5) is 15.3. The molecule has 7 nitrogen and oxygen atoms in total. The number of benzene rings is 3. The summed E-state index contributed by atoms with van der Waals surface area (Å²) >= 11 is 0. The van der Waals surface area contributed by atoms with Gasteiger partial charge in [0.2, 0.25) is 6.79 Å².